The van der Waals surface area contributed by atoms with Crippen molar-refractivity contribution in [2.45, 2.75) is 13.5 Å². The van der Waals surface area contributed by atoms with E-state index in [2.05, 4.69) is 36.3 Å². The van der Waals surface area contributed by atoms with E-state index in [0.29, 0.717) is 36.0 Å². The zero-order valence-corrected chi connectivity index (χ0v) is 14.5. The molecular formula is C17H14BrN5O. The van der Waals surface area contributed by atoms with E-state index in [9.17, 15) is 4.79 Å². The quantitative estimate of drug-likeness (QED) is 0.738. The van der Waals surface area contributed by atoms with Crippen LogP contribution in [0.1, 0.15) is 16.1 Å². The van der Waals surface area contributed by atoms with E-state index in [0.717, 1.165) is 15.6 Å². The Hall–Kier alpha value is -2.54. The first-order chi connectivity index (χ1) is 11.6. The Morgan fingerprint density at radius 3 is 2.88 bits per heavy atom. The highest BCUT2D eigenvalue weighted by Gasteiger charge is 2.20. The molecule has 1 amide bonds. The van der Waals surface area contributed by atoms with Crippen LogP contribution < -0.4 is 5.32 Å². The molecule has 7 heteroatoms. The Labute approximate surface area is 147 Å². The SMILES string of the molecule is Cc1ccc(-c2nccc(-c3cc4n(n3)CCNC4=O)n2)c(Br)c1. The van der Waals surface area contributed by atoms with Gasteiger partial charge >= 0.3 is 0 Å². The fraction of sp³-hybridized carbons (Fsp3) is 0.176. The predicted molar refractivity (Wildman–Crippen MR) is 93.5 cm³/mol. The first-order valence-electron chi connectivity index (χ1n) is 7.58. The summed E-state index contributed by atoms with van der Waals surface area (Å²) in [6.07, 6.45) is 1.71. The molecule has 0 atom stereocenters. The number of hydrogen-bond donors (Lipinski definition) is 1. The molecule has 3 heterocycles. The van der Waals surface area contributed by atoms with Gasteiger partial charge in [-0.3, -0.25) is 9.48 Å². The lowest BCUT2D eigenvalue weighted by Gasteiger charge is -2.13. The van der Waals surface area contributed by atoms with E-state index >= 15 is 0 Å². The van der Waals surface area contributed by atoms with E-state index < -0.39 is 0 Å². The molecule has 0 bridgehead atoms. The fourth-order valence-electron chi connectivity index (χ4n) is 2.69. The predicted octanol–water partition coefficient (Wildman–Crippen LogP) is 2.82. The smallest absolute Gasteiger partial charge is 0.269 e. The van der Waals surface area contributed by atoms with Crippen molar-refractivity contribution < 1.29 is 4.79 Å². The number of carbonyl (C=O) groups excluding carboxylic acids is 1. The van der Waals surface area contributed by atoms with Crippen molar-refractivity contribution in [3.05, 3.63) is 52.3 Å². The third kappa shape index (κ3) is 2.60. The van der Waals surface area contributed by atoms with Gasteiger partial charge in [-0.1, -0.05) is 22.0 Å². The second kappa shape index (κ2) is 5.83. The van der Waals surface area contributed by atoms with Crippen LogP contribution in [0.2, 0.25) is 0 Å². The van der Waals surface area contributed by atoms with Crippen molar-refractivity contribution in [2.24, 2.45) is 0 Å². The van der Waals surface area contributed by atoms with Gasteiger partial charge in [-0.25, -0.2) is 9.97 Å². The molecule has 0 radical (unpaired) electrons. The summed E-state index contributed by atoms with van der Waals surface area (Å²) in [4.78, 5) is 20.9. The molecule has 0 unspecified atom stereocenters. The van der Waals surface area contributed by atoms with Gasteiger partial charge in [-0.2, -0.15) is 5.10 Å². The van der Waals surface area contributed by atoms with Crippen LogP contribution in [0.4, 0.5) is 0 Å². The molecule has 1 aliphatic rings. The normalized spacial score (nSPS) is 13.5. The number of halogens is 1. The molecule has 0 spiro atoms. The average Bonchev–Trinajstić information content (AvgIpc) is 3.01. The molecule has 3 aromatic rings. The molecule has 0 aliphatic carbocycles. The number of nitrogens with one attached hydrogen (secondary N) is 1. The highest BCUT2D eigenvalue weighted by atomic mass is 79.9. The molecule has 2 aromatic heterocycles. The van der Waals surface area contributed by atoms with Gasteiger partial charge in [0.1, 0.15) is 11.4 Å². The Balaban J connectivity index is 1.77. The van der Waals surface area contributed by atoms with Gasteiger partial charge in [0.25, 0.3) is 5.91 Å². The van der Waals surface area contributed by atoms with Crippen LogP contribution in [-0.2, 0) is 6.54 Å². The summed E-state index contributed by atoms with van der Waals surface area (Å²) in [5.74, 6) is 0.519. The van der Waals surface area contributed by atoms with Crippen LogP contribution >= 0.6 is 15.9 Å². The van der Waals surface area contributed by atoms with Crippen molar-refractivity contribution in [3.63, 3.8) is 0 Å². The Kier molecular flexibility index (Phi) is 3.65. The largest absolute Gasteiger partial charge is 0.349 e. The van der Waals surface area contributed by atoms with Gasteiger partial charge in [0, 0.05) is 22.8 Å². The highest BCUT2D eigenvalue weighted by molar-refractivity contribution is 9.10. The second-order valence-corrected chi connectivity index (χ2v) is 6.50. The molecule has 120 valence electrons. The number of amides is 1. The third-order valence-electron chi connectivity index (χ3n) is 3.91. The number of fused-ring (bicyclic) bond motifs is 1. The summed E-state index contributed by atoms with van der Waals surface area (Å²) in [7, 11) is 0. The summed E-state index contributed by atoms with van der Waals surface area (Å²) < 4.78 is 2.67. The second-order valence-electron chi connectivity index (χ2n) is 5.64. The monoisotopic (exact) mass is 383 g/mol. The lowest BCUT2D eigenvalue weighted by atomic mass is 10.1. The van der Waals surface area contributed by atoms with Crippen LogP contribution in [0.25, 0.3) is 22.8 Å². The van der Waals surface area contributed by atoms with E-state index in [1.165, 1.54) is 0 Å². The molecule has 1 N–H and O–H groups in total. The topological polar surface area (TPSA) is 72.7 Å². The summed E-state index contributed by atoms with van der Waals surface area (Å²) >= 11 is 3.57. The van der Waals surface area contributed by atoms with Crippen LogP contribution in [-0.4, -0.2) is 32.2 Å². The minimum atomic E-state index is -0.101. The van der Waals surface area contributed by atoms with E-state index in [4.69, 9.17) is 0 Å². The van der Waals surface area contributed by atoms with Crippen molar-refractivity contribution >= 4 is 21.8 Å². The number of aromatic nitrogens is 4. The Morgan fingerprint density at radius 2 is 2.08 bits per heavy atom. The van der Waals surface area contributed by atoms with Gasteiger partial charge in [-0.05, 0) is 36.8 Å². The summed E-state index contributed by atoms with van der Waals surface area (Å²) in [6, 6.07) is 9.62. The van der Waals surface area contributed by atoms with Crippen LogP contribution in [0.15, 0.2) is 41.0 Å². The van der Waals surface area contributed by atoms with E-state index in [1.807, 2.05) is 25.1 Å². The molecular weight excluding hydrogens is 370 g/mol. The Morgan fingerprint density at radius 1 is 1.21 bits per heavy atom. The summed E-state index contributed by atoms with van der Waals surface area (Å²) in [6.45, 7) is 3.30. The fourth-order valence-corrected chi connectivity index (χ4v) is 3.36. The lowest BCUT2D eigenvalue weighted by molar-refractivity contribution is 0.0924. The van der Waals surface area contributed by atoms with Gasteiger partial charge in [-0.15, -0.1) is 0 Å². The molecule has 24 heavy (non-hydrogen) atoms. The number of benzene rings is 1. The maximum absolute atomic E-state index is 11.9. The highest BCUT2D eigenvalue weighted by Crippen LogP contribution is 2.28. The minimum absolute atomic E-state index is 0.101. The molecule has 1 aromatic carbocycles. The van der Waals surface area contributed by atoms with Gasteiger partial charge in [0.15, 0.2) is 5.82 Å². The van der Waals surface area contributed by atoms with Gasteiger partial charge < -0.3 is 5.32 Å². The number of hydrogen-bond acceptors (Lipinski definition) is 4. The van der Waals surface area contributed by atoms with Crippen molar-refractivity contribution in [1.29, 1.82) is 0 Å². The first kappa shape index (κ1) is 15.0. The number of aryl methyl sites for hydroxylation is 1. The van der Waals surface area contributed by atoms with E-state index in [-0.39, 0.29) is 5.91 Å². The number of rotatable bonds is 2. The summed E-state index contributed by atoms with van der Waals surface area (Å²) in [5, 5.41) is 7.31. The zero-order chi connectivity index (χ0) is 16.7. The lowest BCUT2D eigenvalue weighted by Crippen LogP contribution is -2.35. The van der Waals surface area contributed by atoms with Crippen LogP contribution in [0, 0.1) is 6.92 Å². The standard InChI is InChI=1S/C17H14BrN5O/c1-10-2-3-11(12(18)8-10)16-19-5-4-13(21-16)14-9-15-17(24)20-6-7-23(15)22-14/h2-5,8-9H,6-7H2,1H3,(H,20,24). The average molecular weight is 384 g/mol. The van der Waals surface area contributed by atoms with Crippen LogP contribution in [0.5, 0.6) is 0 Å². The zero-order valence-electron chi connectivity index (χ0n) is 13.0. The number of nitrogens with zero attached hydrogens (tertiary/aromatic N) is 4. The molecule has 6 nitrogen and oxygen atoms in total. The van der Waals surface area contributed by atoms with Crippen molar-refractivity contribution in [2.75, 3.05) is 6.54 Å². The summed E-state index contributed by atoms with van der Waals surface area (Å²) in [5.41, 5.74) is 4.02. The molecule has 0 fully saturated rings. The minimum Gasteiger partial charge on any atom is -0.349 e. The molecule has 0 saturated carbocycles. The third-order valence-corrected chi connectivity index (χ3v) is 4.56. The maximum atomic E-state index is 11.9. The molecule has 4 rings (SSSR count). The van der Waals surface area contributed by atoms with E-state index in [1.54, 1.807) is 23.0 Å². The van der Waals surface area contributed by atoms with Gasteiger partial charge in [0.2, 0.25) is 0 Å². The van der Waals surface area contributed by atoms with Crippen LogP contribution in [0.3, 0.4) is 0 Å². The van der Waals surface area contributed by atoms with Crippen molar-refractivity contribution in [1.82, 2.24) is 25.1 Å². The molecule has 1 aliphatic heterocycles. The van der Waals surface area contributed by atoms with Crippen molar-refractivity contribution in [3.8, 4) is 22.8 Å². The van der Waals surface area contributed by atoms with Gasteiger partial charge in [0.05, 0.1) is 12.2 Å². The maximum Gasteiger partial charge on any atom is 0.269 e. The number of carbonyl (C=O) groups is 1. The Bertz CT molecular complexity index is 950. The molecule has 0 saturated heterocycles. The first-order valence-corrected chi connectivity index (χ1v) is 8.37.